The molecule has 0 amide bonds. The van der Waals surface area contributed by atoms with Crippen LogP contribution in [0.25, 0.3) is 0 Å². The van der Waals surface area contributed by atoms with E-state index in [-0.39, 0.29) is 0 Å². The third kappa shape index (κ3) is 3.83. The first-order chi connectivity index (χ1) is 8.25. The summed E-state index contributed by atoms with van der Waals surface area (Å²) < 4.78 is 5.77. The molecule has 1 heterocycles. The molecule has 2 rings (SSSR count). The second-order valence-corrected chi connectivity index (χ2v) is 5.11. The van der Waals surface area contributed by atoms with Gasteiger partial charge in [0.15, 0.2) is 0 Å². The molecular weight excluding hydrogens is 210 g/mol. The van der Waals surface area contributed by atoms with Crippen molar-refractivity contribution in [3.05, 3.63) is 35.4 Å². The van der Waals surface area contributed by atoms with Crippen LogP contribution in [0.2, 0.25) is 0 Å². The van der Waals surface area contributed by atoms with Crippen LogP contribution in [0.4, 0.5) is 0 Å². The van der Waals surface area contributed by atoms with Crippen molar-refractivity contribution in [1.82, 2.24) is 4.90 Å². The zero-order chi connectivity index (χ0) is 12.1. The zero-order valence-electron chi connectivity index (χ0n) is 11.0. The normalized spacial score (nSPS) is 20.8. The molecule has 1 aliphatic rings. The van der Waals surface area contributed by atoms with Crippen LogP contribution in [0.15, 0.2) is 24.3 Å². The second kappa shape index (κ2) is 6.18. The predicted octanol–water partition coefficient (Wildman–Crippen LogP) is 3.00. The minimum Gasteiger partial charge on any atom is -0.377 e. The largest absolute Gasteiger partial charge is 0.377 e. The van der Waals surface area contributed by atoms with Gasteiger partial charge in [0.25, 0.3) is 0 Å². The van der Waals surface area contributed by atoms with Crippen LogP contribution in [0.5, 0.6) is 0 Å². The number of likely N-dealkylation sites (N-methyl/N-ethyl adjacent to an activating group) is 1. The van der Waals surface area contributed by atoms with Gasteiger partial charge in [0.2, 0.25) is 0 Å². The summed E-state index contributed by atoms with van der Waals surface area (Å²) in [6.07, 6.45) is 4.22. The van der Waals surface area contributed by atoms with Crippen molar-refractivity contribution in [2.45, 2.75) is 38.8 Å². The van der Waals surface area contributed by atoms with Crippen molar-refractivity contribution < 1.29 is 4.74 Å². The standard InChI is InChI=1S/C15H23NO/c1-13-7-3-4-8-14(13)11-16(2)12-15-9-5-6-10-17-15/h3-4,7-8,15H,5-6,9-12H2,1-2H3. The molecule has 1 aromatic carbocycles. The van der Waals surface area contributed by atoms with E-state index in [9.17, 15) is 0 Å². The Hall–Kier alpha value is -0.860. The summed E-state index contributed by atoms with van der Waals surface area (Å²) in [6.45, 7) is 5.20. The van der Waals surface area contributed by atoms with Crippen molar-refractivity contribution in [3.8, 4) is 0 Å². The fourth-order valence-corrected chi connectivity index (χ4v) is 2.44. The maximum absolute atomic E-state index is 5.77. The van der Waals surface area contributed by atoms with Gasteiger partial charge in [-0.25, -0.2) is 0 Å². The summed E-state index contributed by atoms with van der Waals surface area (Å²) in [7, 11) is 2.18. The average Bonchev–Trinajstić information content (AvgIpc) is 2.33. The molecule has 2 heteroatoms. The Morgan fingerprint density at radius 1 is 1.29 bits per heavy atom. The summed E-state index contributed by atoms with van der Waals surface area (Å²) in [6, 6.07) is 8.62. The molecule has 0 N–H and O–H groups in total. The maximum Gasteiger partial charge on any atom is 0.0702 e. The van der Waals surface area contributed by atoms with Crippen molar-refractivity contribution >= 4 is 0 Å². The van der Waals surface area contributed by atoms with E-state index in [0.717, 1.165) is 19.7 Å². The summed E-state index contributed by atoms with van der Waals surface area (Å²) in [5.41, 5.74) is 2.80. The topological polar surface area (TPSA) is 12.5 Å². The SMILES string of the molecule is Cc1ccccc1CN(C)CC1CCCCO1. The molecule has 0 aliphatic carbocycles. The lowest BCUT2D eigenvalue weighted by Crippen LogP contribution is -2.33. The van der Waals surface area contributed by atoms with Crippen LogP contribution >= 0.6 is 0 Å². The van der Waals surface area contributed by atoms with Gasteiger partial charge in [-0.2, -0.15) is 0 Å². The number of nitrogens with zero attached hydrogens (tertiary/aromatic N) is 1. The van der Waals surface area contributed by atoms with Gasteiger partial charge in [-0.3, -0.25) is 4.90 Å². The van der Waals surface area contributed by atoms with E-state index >= 15 is 0 Å². The number of hydrogen-bond acceptors (Lipinski definition) is 2. The number of benzene rings is 1. The molecular formula is C15H23NO. The highest BCUT2D eigenvalue weighted by atomic mass is 16.5. The van der Waals surface area contributed by atoms with Gasteiger partial charge in [-0.1, -0.05) is 24.3 Å². The first-order valence-corrected chi connectivity index (χ1v) is 6.60. The van der Waals surface area contributed by atoms with Crippen LogP contribution in [-0.2, 0) is 11.3 Å². The highest BCUT2D eigenvalue weighted by Gasteiger charge is 2.16. The zero-order valence-corrected chi connectivity index (χ0v) is 11.0. The molecule has 1 fully saturated rings. The number of aryl methyl sites for hydroxylation is 1. The summed E-state index contributed by atoms with van der Waals surface area (Å²) in [5, 5.41) is 0. The maximum atomic E-state index is 5.77. The molecule has 0 aromatic heterocycles. The van der Waals surface area contributed by atoms with E-state index in [0.29, 0.717) is 6.10 Å². The molecule has 0 radical (unpaired) electrons. The van der Waals surface area contributed by atoms with Gasteiger partial charge in [0, 0.05) is 19.7 Å². The Kier molecular flexibility index (Phi) is 4.57. The van der Waals surface area contributed by atoms with E-state index in [1.807, 2.05) is 0 Å². The fourth-order valence-electron chi connectivity index (χ4n) is 2.44. The Balaban J connectivity index is 1.84. The summed E-state index contributed by atoms with van der Waals surface area (Å²) >= 11 is 0. The Bertz CT molecular complexity index is 345. The van der Waals surface area contributed by atoms with Gasteiger partial charge >= 0.3 is 0 Å². The van der Waals surface area contributed by atoms with Crippen LogP contribution in [0.3, 0.4) is 0 Å². The number of rotatable bonds is 4. The highest BCUT2D eigenvalue weighted by Crippen LogP contribution is 2.15. The van der Waals surface area contributed by atoms with Gasteiger partial charge < -0.3 is 4.74 Å². The molecule has 17 heavy (non-hydrogen) atoms. The van der Waals surface area contributed by atoms with Crippen LogP contribution in [0, 0.1) is 6.92 Å². The number of hydrogen-bond donors (Lipinski definition) is 0. The van der Waals surface area contributed by atoms with Gasteiger partial charge in [0.1, 0.15) is 0 Å². The molecule has 1 aliphatic heterocycles. The van der Waals surface area contributed by atoms with E-state index < -0.39 is 0 Å². The molecule has 0 bridgehead atoms. The molecule has 1 atom stereocenters. The summed E-state index contributed by atoms with van der Waals surface area (Å²) in [4.78, 5) is 2.37. The van der Waals surface area contributed by atoms with Crippen molar-refractivity contribution in [2.75, 3.05) is 20.2 Å². The van der Waals surface area contributed by atoms with Gasteiger partial charge in [-0.15, -0.1) is 0 Å². The predicted molar refractivity (Wildman–Crippen MR) is 71.1 cm³/mol. The quantitative estimate of drug-likeness (QED) is 0.792. The van der Waals surface area contributed by atoms with Gasteiger partial charge in [-0.05, 0) is 44.4 Å². The second-order valence-electron chi connectivity index (χ2n) is 5.11. The lowest BCUT2D eigenvalue weighted by atomic mass is 10.1. The first kappa shape index (κ1) is 12.6. The molecule has 94 valence electrons. The minimum atomic E-state index is 0.442. The molecule has 1 aromatic rings. The van der Waals surface area contributed by atoms with Crippen LogP contribution < -0.4 is 0 Å². The fraction of sp³-hybridized carbons (Fsp3) is 0.600. The Labute approximate surface area is 105 Å². The van der Waals surface area contributed by atoms with E-state index in [1.165, 1.54) is 30.4 Å². The first-order valence-electron chi connectivity index (χ1n) is 6.60. The highest BCUT2D eigenvalue weighted by molar-refractivity contribution is 5.25. The minimum absolute atomic E-state index is 0.442. The van der Waals surface area contributed by atoms with E-state index in [4.69, 9.17) is 4.74 Å². The molecule has 2 nitrogen and oxygen atoms in total. The van der Waals surface area contributed by atoms with Crippen molar-refractivity contribution in [3.63, 3.8) is 0 Å². The smallest absolute Gasteiger partial charge is 0.0702 e. The van der Waals surface area contributed by atoms with Crippen molar-refractivity contribution in [1.29, 1.82) is 0 Å². The average molecular weight is 233 g/mol. The third-order valence-electron chi connectivity index (χ3n) is 3.49. The monoisotopic (exact) mass is 233 g/mol. The van der Waals surface area contributed by atoms with E-state index in [1.54, 1.807) is 0 Å². The third-order valence-corrected chi connectivity index (χ3v) is 3.49. The molecule has 0 saturated carbocycles. The number of ether oxygens (including phenoxy) is 1. The molecule has 0 spiro atoms. The van der Waals surface area contributed by atoms with Crippen molar-refractivity contribution in [2.24, 2.45) is 0 Å². The van der Waals surface area contributed by atoms with Crippen LogP contribution in [0.1, 0.15) is 30.4 Å². The summed E-state index contributed by atoms with van der Waals surface area (Å²) in [5.74, 6) is 0. The Morgan fingerprint density at radius 3 is 2.82 bits per heavy atom. The van der Waals surface area contributed by atoms with Gasteiger partial charge in [0.05, 0.1) is 6.10 Å². The lowest BCUT2D eigenvalue weighted by Gasteiger charge is -2.27. The molecule has 1 saturated heterocycles. The van der Waals surface area contributed by atoms with Crippen LogP contribution in [-0.4, -0.2) is 31.2 Å². The Morgan fingerprint density at radius 2 is 2.12 bits per heavy atom. The lowest BCUT2D eigenvalue weighted by molar-refractivity contribution is -0.00261. The van der Waals surface area contributed by atoms with E-state index in [2.05, 4.69) is 43.1 Å². The molecule has 1 unspecified atom stereocenters.